The van der Waals surface area contributed by atoms with Crippen molar-refractivity contribution in [3.05, 3.63) is 71.3 Å². The molecule has 3 atom stereocenters. The highest BCUT2D eigenvalue weighted by atomic mass is 16.5. The number of likely N-dealkylation sites (tertiary alicyclic amines) is 1. The summed E-state index contributed by atoms with van der Waals surface area (Å²) in [6, 6.07) is 16.6. The first-order valence-electron chi connectivity index (χ1n) is 19.4. The maximum Gasteiger partial charge on any atom is 0.329 e. The lowest BCUT2D eigenvalue weighted by Crippen LogP contribution is -2.44. The maximum absolute atomic E-state index is 14.6. The van der Waals surface area contributed by atoms with E-state index in [-0.39, 0.29) is 5.91 Å². The molecule has 1 saturated carbocycles. The number of aryl methyl sites for hydroxylation is 1. The van der Waals surface area contributed by atoms with Gasteiger partial charge in [0.2, 0.25) is 11.7 Å². The van der Waals surface area contributed by atoms with Gasteiger partial charge in [0.1, 0.15) is 24.5 Å². The van der Waals surface area contributed by atoms with Gasteiger partial charge in [-0.15, -0.1) is 0 Å². The molecular formula is C43H56N2O10. The van der Waals surface area contributed by atoms with Gasteiger partial charge in [0.05, 0.1) is 54.7 Å². The number of ether oxygens (including phenoxy) is 8. The van der Waals surface area contributed by atoms with E-state index in [2.05, 4.69) is 4.90 Å². The Morgan fingerprint density at radius 2 is 1.51 bits per heavy atom. The first kappa shape index (κ1) is 40.0. The molecule has 0 spiro atoms. The number of rotatable bonds is 19. The molecule has 3 aromatic carbocycles. The molecule has 2 heterocycles. The Bertz CT molecular complexity index is 1720. The molecule has 3 aliphatic rings. The summed E-state index contributed by atoms with van der Waals surface area (Å²) in [6.07, 6.45) is 4.62. The Balaban J connectivity index is 1.22. The monoisotopic (exact) mass is 760 g/mol. The van der Waals surface area contributed by atoms with Crippen molar-refractivity contribution in [3.63, 3.8) is 0 Å². The molecule has 0 radical (unpaired) electrons. The molecule has 1 aliphatic carbocycles. The van der Waals surface area contributed by atoms with Gasteiger partial charge < -0.3 is 42.8 Å². The lowest BCUT2D eigenvalue weighted by Gasteiger charge is -2.30. The minimum Gasteiger partial charge on any atom is -0.493 e. The van der Waals surface area contributed by atoms with E-state index in [1.54, 1.807) is 40.4 Å². The Labute approximate surface area is 324 Å². The summed E-state index contributed by atoms with van der Waals surface area (Å²) >= 11 is 0. The van der Waals surface area contributed by atoms with Crippen LogP contribution in [0.4, 0.5) is 0 Å². The van der Waals surface area contributed by atoms with E-state index in [1.807, 2.05) is 54.6 Å². The zero-order chi connectivity index (χ0) is 38.7. The van der Waals surface area contributed by atoms with Crippen molar-refractivity contribution in [3.8, 4) is 34.5 Å². The van der Waals surface area contributed by atoms with Gasteiger partial charge in [-0.25, -0.2) is 4.79 Å². The fraction of sp³-hybridized carbons (Fsp3) is 0.535. The van der Waals surface area contributed by atoms with E-state index in [1.165, 1.54) is 0 Å². The van der Waals surface area contributed by atoms with Crippen molar-refractivity contribution in [1.82, 2.24) is 9.80 Å². The summed E-state index contributed by atoms with van der Waals surface area (Å²) in [5.74, 6) is 2.94. The highest BCUT2D eigenvalue weighted by molar-refractivity contribution is 5.89. The number of carbonyl (C=O) groups is 2. The van der Waals surface area contributed by atoms with Crippen molar-refractivity contribution >= 4 is 11.9 Å². The smallest absolute Gasteiger partial charge is 0.329 e. The lowest BCUT2D eigenvalue weighted by molar-refractivity contribution is -0.159. The Hall–Kier alpha value is -4.68. The Morgan fingerprint density at radius 1 is 0.782 bits per heavy atom. The van der Waals surface area contributed by atoms with Gasteiger partial charge in [0, 0.05) is 26.2 Å². The van der Waals surface area contributed by atoms with Crippen LogP contribution in [0, 0.1) is 5.92 Å². The van der Waals surface area contributed by atoms with Gasteiger partial charge in [-0.05, 0) is 91.1 Å². The number of methoxy groups -OCH3 is 5. The summed E-state index contributed by atoms with van der Waals surface area (Å²) in [5, 5.41) is 0. The second kappa shape index (κ2) is 19.3. The molecule has 0 N–H and O–H groups in total. The molecule has 0 bridgehead atoms. The van der Waals surface area contributed by atoms with Crippen molar-refractivity contribution in [1.29, 1.82) is 0 Å². The van der Waals surface area contributed by atoms with E-state index >= 15 is 0 Å². The number of esters is 1. The van der Waals surface area contributed by atoms with Crippen LogP contribution in [0.25, 0.3) is 0 Å². The fourth-order valence-corrected chi connectivity index (χ4v) is 7.61. The lowest BCUT2D eigenvalue weighted by atomic mass is 9.91. The number of nitrogens with zero attached hydrogens (tertiary/aromatic N) is 2. The standard InChI is InChI=1S/C43H56N2O10/c1-48-37-16-14-30(25-38(37)49-2)13-15-36(31-8-6-9-33(26-31)54-23-20-44-18-21-53-22-19-44)55-43(47)35-10-7-17-45(35)42(46)34(24-29-11-12-29)32-27-39(50-3)41(52-5)40(28-32)51-4/h6,8-9,14,16,25-29,34-36H,7,10-13,15,17-24H2,1-5H3. The number of morpholine rings is 1. The average molecular weight is 761 g/mol. The second-order valence-corrected chi connectivity index (χ2v) is 14.4. The van der Waals surface area contributed by atoms with Gasteiger partial charge in [-0.1, -0.05) is 31.0 Å². The minimum atomic E-state index is -0.701. The summed E-state index contributed by atoms with van der Waals surface area (Å²) in [7, 11) is 7.92. The zero-order valence-corrected chi connectivity index (χ0v) is 32.9. The third kappa shape index (κ3) is 10.1. The minimum absolute atomic E-state index is 0.0850. The quantitative estimate of drug-likeness (QED) is 0.130. The van der Waals surface area contributed by atoms with E-state index < -0.39 is 24.0 Å². The normalized spacial score (nSPS) is 18.3. The molecular weight excluding hydrogens is 704 g/mol. The number of benzene rings is 3. The summed E-state index contributed by atoms with van der Waals surface area (Å²) < 4.78 is 46.0. The highest BCUT2D eigenvalue weighted by Crippen LogP contribution is 2.45. The molecule has 3 unspecified atom stereocenters. The molecule has 0 aromatic heterocycles. The third-order valence-corrected chi connectivity index (χ3v) is 10.9. The fourth-order valence-electron chi connectivity index (χ4n) is 7.61. The second-order valence-electron chi connectivity index (χ2n) is 14.4. The van der Waals surface area contributed by atoms with Crippen LogP contribution in [0.2, 0.25) is 0 Å². The molecule has 298 valence electrons. The molecule has 3 aromatic rings. The van der Waals surface area contributed by atoms with Crippen molar-refractivity contribution in [2.45, 2.75) is 63.0 Å². The largest absolute Gasteiger partial charge is 0.493 e. The van der Waals surface area contributed by atoms with Crippen LogP contribution in [0.1, 0.15) is 67.2 Å². The molecule has 12 nitrogen and oxygen atoms in total. The molecule has 12 heteroatoms. The van der Waals surface area contributed by atoms with E-state index in [0.717, 1.165) is 62.4 Å². The molecule has 2 saturated heterocycles. The summed E-state index contributed by atoms with van der Waals surface area (Å²) in [5.41, 5.74) is 2.63. The van der Waals surface area contributed by atoms with Crippen LogP contribution in [-0.2, 0) is 25.5 Å². The molecule has 2 aliphatic heterocycles. The summed E-state index contributed by atoms with van der Waals surface area (Å²) in [6.45, 7) is 5.07. The predicted molar refractivity (Wildman–Crippen MR) is 207 cm³/mol. The number of amides is 1. The van der Waals surface area contributed by atoms with Crippen LogP contribution in [0.3, 0.4) is 0 Å². The Morgan fingerprint density at radius 3 is 2.18 bits per heavy atom. The number of hydrogen-bond donors (Lipinski definition) is 0. The van der Waals surface area contributed by atoms with Gasteiger partial charge in [0.15, 0.2) is 23.0 Å². The average Bonchev–Trinajstić information content (AvgIpc) is 3.92. The van der Waals surface area contributed by atoms with Crippen LogP contribution in [0.5, 0.6) is 34.5 Å². The van der Waals surface area contributed by atoms with Gasteiger partial charge in [0.25, 0.3) is 0 Å². The highest BCUT2D eigenvalue weighted by Gasteiger charge is 2.41. The first-order chi connectivity index (χ1) is 26.8. The maximum atomic E-state index is 14.6. The molecule has 3 fully saturated rings. The van der Waals surface area contributed by atoms with Gasteiger partial charge >= 0.3 is 5.97 Å². The van der Waals surface area contributed by atoms with Crippen molar-refractivity contribution in [2.24, 2.45) is 5.92 Å². The Kier molecular flexibility index (Phi) is 14.0. The topological polar surface area (TPSA) is 114 Å². The number of hydrogen-bond acceptors (Lipinski definition) is 11. The van der Waals surface area contributed by atoms with Gasteiger partial charge in [-0.2, -0.15) is 0 Å². The van der Waals surface area contributed by atoms with Crippen LogP contribution in [-0.4, -0.2) is 109 Å². The molecule has 55 heavy (non-hydrogen) atoms. The predicted octanol–water partition coefficient (Wildman–Crippen LogP) is 6.23. The first-order valence-corrected chi connectivity index (χ1v) is 19.4. The van der Waals surface area contributed by atoms with Crippen molar-refractivity contribution in [2.75, 3.05) is 81.5 Å². The number of carbonyl (C=O) groups excluding carboxylic acids is 2. The van der Waals surface area contributed by atoms with Crippen molar-refractivity contribution < 1.29 is 47.5 Å². The van der Waals surface area contributed by atoms with E-state index in [0.29, 0.717) is 85.7 Å². The van der Waals surface area contributed by atoms with E-state index in [9.17, 15) is 9.59 Å². The van der Waals surface area contributed by atoms with Crippen LogP contribution >= 0.6 is 0 Å². The molecule has 6 rings (SSSR count). The SMILES string of the molecule is COc1ccc(CCC(OC(=O)C2CCCN2C(=O)C(CC2CC2)c2cc(OC)c(OC)c(OC)c2)c2cccc(OCCN3CCOCC3)c2)cc1OC. The third-order valence-electron chi connectivity index (χ3n) is 10.9. The van der Waals surface area contributed by atoms with E-state index in [4.69, 9.17) is 37.9 Å². The van der Waals surface area contributed by atoms with Crippen LogP contribution in [0.15, 0.2) is 54.6 Å². The molecule has 1 amide bonds. The zero-order valence-electron chi connectivity index (χ0n) is 32.9. The van der Waals surface area contributed by atoms with Gasteiger partial charge in [-0.3, -0.25) is 9.69 Å². The van der Waals surface area contributed by atoms with Crippen LogP contribution < -0.4 is 28.4 Å². The summed E-state index contributed by atoms with van der Waals surface area (Å²) in [4.78, 5) is 32.9.